The van der Waals surface area contributed by atoms with Crippen molar-refractivity contribution in [3.8, 4) is 0 Å². The van der Waals surface area contributed by atoms with Crippen LogP contribution < -0.4 is 11.0 Å². The quantitative estimate of drug-likeness (QED) is 0.465. The molecule has 0 radical (unpaired) electrons. The summed E-state index contributed by atoms with van der Waals surface area (Å²) in [4.78, 5) is 40.9. The van der Waals surface area contributed by atoms with Crippen molar-refractivity contribution >= 4 is 17.8 Å². The summed E-state index contributed by atoms with van der Waals surface area (Å²) >= 11 is 0. The minimum atomic E-state index is -1.01. The van der Waals surface area contributed by atoms with Gasteiger partial charge in [0.05, 0.1) is 13.2 Å². The molecule has 1 aromatic heterocycles. The number of aliphatic hydroxyl groups is 1. The maximum absolute atomic E-state index is 12.2. The molecule has 172 valence electrons. The van der Waals surface area contributed by atoms with Crippen molar-refractivity contribution in [2.45, 2.75) is 38.3 Å². The molecule has 1 aliphatic heterocycles. The summed E-state index contributed by atoms with van der Waals surface area (Å²) in [5.41, 5.74) is 0.280. The molecule has 1 aromatic carbocycles. The van der Waals surface area contributed by atoms with Gasteiger partial charge in [-0.05, 0) is 24.5 Å². The molecule has 1 aliphatic rings. The maximum Gasteiger partial charge on any atom is 0.407 e. The van der Waals surface area contributed by atoms with Crippen LogP contribution in [0.2, 0.25) is 0 Å². The molecular weight excluding hydrogens is 420 g/mol. The Morgan fingerprint density at radius 3 is 2.66 bits per heavy atom. The number of anilines is 1. The van der Waals surface area contributed by atoms with E-state index in [-0.39, 0.29) is 37.9 Å². The van der Waals surface area contributed by atoms with Gasteiger partial charge in [-0.25, -0.2) is 9.59 Å². The number of ether oxygens (including phenoxy) is 2. The number of benzene rings is 1. The topological polar surface area (TPSA) is 143 Å². The number of hydrogen-bond donors (Lipinski definition) is 3. The van der Waals surface area contributed by atoms with E-state index in [4.69, 9.17) is 14.6 Å². The third-order valence-electron chi connectivity index (χ3n) is 4.86. The molecule has 2 atom stereocenters. The zero-order chi connectivity index (χ0) is 22.9. The van der Waals surface area contributed by atoms with E-state index >= 15 is 0 Å². The Labute approximate surface area is 184 Å². The molecule has 0 aliphatic carbocycles. The smallest absolute Gasteiger partial charge is 0.407 e. The second kappa shape index (κ2) is 11.4. The summed E-state index contributed by atoms with van der Waals surface area (Å²) in [5, 5.41) is 21.0. The van der Waals surface area contributed by atoms with Gasteiger partial charge in [-0.3, -0.25) is 9.36 Å². The summed E-state index contributed by atoms with van der Waals surface area (Å²) in [6, 6.07) is 10.8. The molecule has 11 heteroatoms. The summed E-state index contributed by atoms with van der Waals surface area (Å²) in [6.07, 6.45) is 0.129. The highest BCUT2D eigenvalue weighted by Crippen LogP contribution is 2.19. The monoisotopic (exact) mass is 446 g/mol. The predicted molar refractivity (Wildman–Crippen MR) is 113 cm³/mol. The second-order valence-electron chi connectivity index (χ2n) is 7.23. The van der Waals surface area contributed by atoms with Gasteiger partial charge in [-0.15, -0.1) is 0 Å². The van der Waals surface area contributed by atoms with Gasteiger partial charge in [0.25, 0.3) is 0 Å². The van der Waals surface area contributed by atoms with E-state index in [1.165, 1.54) is 21.7 Å². The lowest BCUT2D eigenvalue weighted by molar-refractivity contribution is -0.116. The fraction of sp³-hybridized carbons (Fsp3) is 0.429. The summed E-state index contributed by atoms with van der Waals surface area (Å²) in [5.74, 6) is -0.203. The molecule has 3 rings (SSSR count). The molecule has 32 heavy (non-hydrogen) atoms. The first-order valence-electron chi connectivity index (χ1n) is 10.2. The molecule has 1 fully saturated rings. The first-order chi connectivity index (χ1) is 15.5. The van der Waals surface area contributed by atoms with E-state index in [1.807, 2.05) is 30.3 Å². The lowest BCUT2D eigenvalue weighted by Gasteiger charge is -2.19. The van der Waals surface area contributed by atoms with Crippen molar-refractivity contribution in [3.63, 3.8) is 0 Å². The number of nitrogens with one attached hydrogen (secondary N) is 1. The highest BCUT2D eigenvalue weighted by Gasteiger charge is 2.27. The van der Waals surface area contributed by atoms with Crippen LogP contribution in [0.4, 0.5) is 10.6 Å². The Balaban J connectivity index is 1.43. The molecule has 0 spiro atoms. The third-order valence-corrected chi connectivity index (χ3v) is 4.86. The van der Waals surface area contributed by atoms with Gasteiger partial charge in [-0.1, -0.05) is 30.3 Å². The number of carbonyl (C=O) groups is 2. The molecular formula is C21H26N4O7. The van der Waals surface area contributed by atoms with Crippen LogP contribution >= 0.6 is 0 Å². The number of hydrogen-bond acceptors (Lipinski definition) is 7. The Bertz CT molecular complexity index is 966. The van der Waals surface area contributed by atoms with Gasteiger partial charge in [0.15, 0.2) is 12.5 Å². The molecule has 2 aromatic rings. The minimum Gasteiger partial charge on any atom is -0.465 e. The Morgan fingerprint density at radius 2 is 2.00 bits per heavy atom. The standard InChI is InChI=1S/C21H26N4O7/c26-13-19-31-14-18(32-19)25-11-9-16(23-20(25)28)22-17(27)8-4-5-10-24(21(29)30)12-15-6-2-1-3-7-15/h1-3,6-7,9,11,18-19,26H,4-5,8,10,12-14H2,(H,29,30)(H,22,23,27,28). The molecule has 0 saturated carbocycles. The van der Waals surface area contributed by atoms with Crippen LogP contribution in [0.15, 0.2) is 47.4 Å². The fourth-order valence-electron chi connectivity index (χ4n) is 3.23. The van der Waals surface area contributed by atoms with Crippen molar-refractivity contribution in [1.29, 1.82) is 0 Å². The van der Waals surface area contributed by atoms with Crippen molar-refractivity contribution in [3.05, 3.63) is 58.6 Å². The highest BCUT2D eigenvalue weighted by atomic mass is 16.7. The Hall–Kier alpha value is -3.28. The highest BCUT2D eigenvalue weighted by molar-refractivity contribution is 5.89. The first kappa shape index (κ1) is 23.4. The van der Waals surface area contributed by atoms with Crippen LogP contribution in [-0.2, 0) is 20.8 Å². The van der Waals surface area contributed by atoms with Gasteiger partial charge in [0.1, 0.15) is 5.82 Å². The summed E-state index contributed by atoms with van der Waals surface area (Å²) < 4.78 is 11.7. The number of unbranched alkanes of at least 4 members (excludes halogenated alkanes) is 1. The van der Waals surface area contributed by atoms with Crippen LogP contribution in [-0.4, -0.2) is 62.7 Å². The van der Waals surface area contributed by atoms with Gasteiger partial charge >= 0.3 is 11.8 Å². The minimum absolute atomic E-state index is 0.107. The normalized spacial score (nSPS) is 17.8. The summed E-state index contributed by atoms with van der Waals surface area (Å²) in [6.45, 7) is 0.390. The van der Waals surface area contributed by atoms with E-state index in [0.717, 1.165) is 5.56 Å². The number of carbonyl (C=O) groups excluding carboxylic acids is 1. The van der Waals surface area contributed by atoms with Gasteiger partial charge in [0.2, 0.25) is 5.91 Å². The second-order valence-corrected chi connectivity index (χ2v) is 7.23. The maximum atomic E-state index is 12.2. The van der Waals surface area contributed by atoms with Gasteiger partial charge in [-0.2, -0.15) is 4.98 Å². The van der Waals surface area contributed by atoms with Gasteiger partial charge < -0.3 is 29.9 Å². The number of aliphatic hydroxyl groups excluding tert-OH is 1. The Morgan fingerprint density at radius 1 is 1.22 bits per heavy atom. The van der Waals surface area contributed by atoms with Crippen LogP contribution in [0.3, 0.4) is 0 Å². The number of nitrogens with zero attached hydrogens (tertiary/aromatic N) is 3. The molecule has 0 bridgehead atoms. The van der Waals surface area contributed by atoms with E-state index in [2.05, 4.69) is 10.3 Å². The van der Waals surface area contributed by atoms with Crippen molar-refractivity contribution in [2.75, 3.05) is 25.1 Å². The number of carboxylic acid groups (broad SMARTS) is 1. The number of aromatic nitrogens is 2. The van der Waals surface area contributed by atoms with E-state index in [9.17, 15) is 19.5 Å². The average molecular weight is 446 g/mol. The molecule has 11 nitrogen and oxygen atoms in total. The van der Waals surface area contributed by atoms with Crippen LogP contribution in [0.25, 0.3) is 0 Å². The van der Waals surface area contributed by atoms with Crippen molar-refractivity contribution < 1.29 is 29.3 Å². The largest absolute Gasteiger partial charge is 0.465 e. The number of rotatable bonds is 10. The zero-order valence-corrected chi connectivity index (χ0v) is 17.4. The van der Waals surface area contributed by atoms with E-state index < -0.39 is 24.3 Å². The molecule has 2 heterocycles. The third kappa shape index (κ3) is 6.61. The SMILES string of the molecule is O=C(CCCCN(Cc1ccccc1)C(=O)O)Nc1ccn(C2COC(CO)O2)c(=O)n1. The van der Waals surface area contributed by atoms with Gasteiger partial charge in [0, 0.05) is 25.7 Å². The summed E-state index contributed by atoms with van der Waals surface area (Å²) in [7, 11) is 0. The number of amides is 2. The first-order valence-corrected chi connectivity index (χ1v) is 10.2. The Kier molecular flexibility index (Phi) is 8.31. The van der Waals surface area contributed by atoms with E-state index in [0.29, 0.717) is 19.4 Å². The lowest BCUT2D eigenvalue weighted by Crippen LogP contribution is -2.30. The van der Waals surface area contributed by atoms with Crippen LogP contribution in [0.1, 0.15) is 31.1 Å². The fourth-order valence-corrected chi connectivity index (χ4v) is 3.23. The molecule has 3 N–H and O–H groups in total. The van der Waals surface area contributed by atoms with Crippen LogP contribution in [0.5, 0.6) is 0 Å². The predicted octanol–water partition coefficient (Wildman–Crippen LogP) is 1.40. The molecule has 2 unspecified atom stereocenters. The van der Waals surface area contributed by atoms with E-state index in [1.54, 1.807) is 0 Å². The van der Waals surface area contributed by atoms with Crippen molar-refractivity contribution in [1.82, 2.24) is 14.5 Å². The van der Waals surface area contributed by atoms with Crippen LogP contribution in [0, 0.1) is 0 Å². The average Bonchev–Trinajstić information content (AvgIpc) is 3.25. The lowest BCUT2D eigenvalue weighted by atomic mass is 10.2. The molecule has 1 saturated heterocycles. The zero-order valence-electron chi connectivity index (χ0n) is 17.4. The van der Waals surface area contributed by atoms with Crippen molar-refractivity contribution in [2.24, 2.45) is 0 Å². The molecule has 2 amide bonds.